The van der Waals surface area contributed by atoms with Gasteiger partial charge in [-0.25, -0.2) is 4.98 Å². The van der Waals surface area contributed by atoms with Gasteiger partial charge in [-0.1, -0.05) is 103 Å². The van der Waals surface area contributed by atoms with Crippen LogP contribution in [0.4, 0.5) is 17.1 Å². The molecule has 0 saturated carbocycles. The summed E-state index contributed by atoms with van der Waals surface area (Å²) in [5, 5.41) is 8.50. The summed E-state index contributed by atoms with van der Waals surface area (Å²) in [6, 6.07) is 61.1. The molecule has 55 heavy (non-hydrogen) atoms. The van der Waals surface area contributed by atoms with E-state index in [1.807, 2.05) is 34.8 Å². The summed E-state index contributed by atoms with van der Waals surface area (Å²) in [6.45, 7) is 0. The summed E-state index contributed by atoms with van der Waals surface area (Å²) in [7, 11) is 0. The molecule has 3 nitrogen and oxygen atoms in total. The molecule has 4 heterocycles. The molecule has 0 spiro atoms. The molecule has 6 heteroatoms. The molecule has 0 N–H and O–H groups in total. The zero-order valence-electron chi connectivity index (χ0n) is 29.2. The Kier molecular flexibility index (Phi) is 6.84. The van der Waals surface area contributed by atoms with Gasteiger partial charge in [-0.2, -0.15) is 0 Å². The molecule has 0 unspecified atom stereocenters. The van der Waals surface area contributed by atoms with Crippen molar-refractivity contribution in [3.05, 3.63) is 170 Å². The van der Waals surface area contributed by atoms with Gasteiger partial charge in [0.1, 0.15) is 16.2 Å². The summed E-state index contributed by atoms with van der Waals surface area (Å²) in [5.74, 6) is 0. The first-order valence-corrected chi connectivity index (χ1v) is 20.7. The number of thiazole rings is 1. The van der Waals surface area contributed by atoms with Crippen molar-refractivity contribution in [2.75, 3.05) is 4.90 Å². The second-order valence-corrected chi connectivity index (χ2v) is 17.0. The minimum atomic E-state index is 0.880. The van der Waals surface area contributed by atoms with Crippen LogP contribution in [0.15, 0.2) is 174 Å². The van der Waals surface area contributed by atoms with E-state index < -0.39 is 0 Å². The van der Waals surface area contributed by atoms with E-state index >= 15 is 0 Å². The summed E-state index contributed by atoms with van der Waals surface area (Å²) in [5.41, 5.74) is 9.68. The van der Waals surface area contributed by atoms with E-state index in [0.29, 0.717) is 0 Å². The van der Waals surface area contributed by atoms with E-state index in [1.54, 1.807) is 11.3 Å². The van der Waals surface area contributed by atoms with E-state index in [4.69, 9.17) is 9.40 Å². The monoisotopic (exact) mass is 756 g/mol. The smallest absolute Gasteiger partial charge is 0.137 e. The predicted octanol–water partition coefficient (Wildman–Crippen LogP) is 15.7. The Hall–Kier alpha value is -6.31. The Labute approximate surface area is 327 Å². The number of fused-ring (bicyclic) bond motifs is 11. The maximum Gasteiger partial charge on any atom is 0.137 e. The van der Waals surface area contributed by atoms with E-state index in [1.165, 1.54) is 56.2 Å². The first-order chi connectivity index (χ1) is 27.2. The third kappa shape index (κ3) is 4.89. The van der Waals surface area contributed by atoms with E-state index in [9.17, 15) is 0 Å². The minimum absolute atomic E-state index is 0.880. The van der Waals surface area contributed by atoms with E-state index in [0.717, 1.165) is 55.1 Å². The van der Waals surface area contributed by atoms with Crippen molar-refractivity contribution < 1.29 is 4.42 Å². The fraction of sp³-hybridized carbons (Fsp3) is 0. The molecule has 0 saturated heterocycles. The number of anilines is 3. The van der Waals surface area contributed by atoms with Gasteiger partial charge < -0.3 is 9.32 Å². The van der Waals surface area contributed by atoms with E-state index in [2.05, 4.69) is 163 Å². The number of rotatable bonds is 5. The van der Waals surface area contributed by atoms with Crippen LogP contribution in [-0.4, -0.2) is 4.98 Å². The van der Waals surface area contributed by atoms with Crippen LogP contribution in [-0.2, 0) is 0 Å². The molecule has 0 atom stereocenters. The topological polar surface area (TPSA) is 29.3 Å². The van der Waals surface area contributed by atoms with Crippen molar-refractivity contribution in [3.8, 4) is 21.7 Å². The lowest BCUT2D eigenvalue weighted by molar-refractivity contribution is 0.669. The van der Waals surface area contributed by atoms with Gasteiger partial charge in [0.15, 0.2) is 0 Å². The van der Waals surface area contributed by atoms with Crippen molar-refractivity contribution in [2.45, 2.75) is 0 Å². The molecule has 12 rings (SSSR count). The molecule has 0 aliphatic rings. The van der Waals surface area contributed by atoms with Gasteiger partial charge in [0, 0.05) is 79.8 Å². The lowest BCUT2D eigenvalue weighted by atomic mass is 10.0. The second kappa shape index (κ2) is 12.1. The van der Waals surface area contributed by atoms with Gasteiger partial charge in [-0.05, 0) is 71.8 Å². The molecule has 4 aromatic heterocycles. The maximum absolute atomic E-state index is 6.39. The maximum atomic E-state index is 6.39. The van der Waals surface area contributed by atoms with Gasteiger partial charge >= 0.3 is 0 Å². The summed E-state index contributed by atoms with van der Waals surface area (Å²) in [4.78, 5) is 7.40. The highest BCUT2D eigenvalue weighted by atomic mass is 32.1. The number of thiophene rings is 2. The molecule has 8 aromatic carbocycles. The summed E-state index contributed by atoms with van der Waals surface area (Å²) >= 11 is 5.51. The molecular weight excluding hydrogens is 729 g/mol. The lowest BCUT2D eigenvalue weighted by Gasteiger charge is -2.26. The predicted molar refractivity (Wildman–Crippen MR) is 238 cm³/mol. The number of nitrogens with zero attached hydrogens (tertiary/aromatic N) is 2. The zero-order chi connectivity index (χ0) is 36.0. The third-order valence-electron chi connectivity index (χ3n) is 10.7. The largest absolute Gasteiger partial charge is 0.456 e. The number of aromatic nitrogens is 1. The standard InChI is InChI=1S/C49H28N2OS3/c1-2-9-30(10-3-1)49-50-40-25-26-44-46(48(40)55-49)39-14-8-13-34(47(39)54-44)29-17-19-31(20-18-29)51(32-21-23-36-35-11-4-6-15-41(35)52-42(36)27-32)33-22-24-38-37-12-5-7-16-43(37)53-45(38)28-33/h1-28H. The van der Waals surface area contributed by atoms with Crippen molar-refractivity contribution >= 4 is 124 Å². The fourth-order valence-corrected chi connectivity index (χ4v) is 11.7. The van der Waals surface area contributed by atoms with E-state index in [-0.39, 0.29) is 0 Å². The highest BCUT2D eigenvalue weighted by molar-refractivity contribution is 7.28. The van der Waals surface area contributed by atoms with Crippen LogP contribution in [0.1, 0.15) is 0 Å². The molecule has 0 amide bonds. The molecular formula is C49H28N2OS3. The molecule has 0 fully saturated rings. The molecule has 0 aliphatic carbocycles. The minimum Gasteiger partial charge on any atom is -0.456 e. The van der Waals surface area contributed by atoms with Crippen molar-refractivity contribution in [1.82, 2.24) is 4.98 Å². The average molecular weight is 757 g/mol. The van der Waals surface area contributed by atoms with Crippen molar-refractivity contribution in [3.63, 3.8) is 0 Å². The molecule has 0 bridgehead atoms. The van der Waals surface area contributed by atoms with Crippen LogP contribution >= 0.6 is 34.0 Å². The van der Waals surface area contributed by atoms with Gasteiger partial charge in [-0.3, -0.25) is 0 Å². The van der Waals surface area contributed by atoms with Crippen molar-refractivity contribution in [2.24, 2.45) is 0 Å². The quantitative estimate of drug-likeness (QED) is 0.175. The Bertz CT molecular complexity index is 3330. The van der Waals surface area contributed by atoms with Crippen LogP contribution < -0.4 is 4.90 Å². The first kappa shape index (κ1) is 31.1. The summed E-state index contributed by atoms with van der Waals surface area (Å²) < 4.78 is 12.8. The molecule has 12 aromatic rings. The Morgan fingerprint density at radius 3 is 2.02 bits per heavy atom. The Morgan fingerprint density at radius 2 is 1.13 bits per heavy atom. The van der Waals surface area contributed by atoms with Gasteiger partial charge in [0.25, 0.3) is 0 Å². The third-order valence-corrected chi connectivity index (χ3v) is 14.2. The van der Waals surface area contributed by atoms with Crippen LogP contribution in [0, 0.1) is 0 Å². The molecule has 0 aliphatic heterocycles. The Morgan fingerprint density at radius 1 is 0.418 bits per heavy atom. The normalized spacial score (nSPS) is 12.0. The van der Waals surface area contributed by atoms with Gasteiger partial charge in [0.05, 0.1) is 10.2 Å². The summed E-state index contributed by atoms with van der Waals surface area (Å²) in [6.07, 6.45) is 0. The lowest BCUT2D eigenvalue weighted by Crippen LogP contribution is -2.09. The van der Waals surface area contributed by atoms with Crippen LogP contribution in [0.25, 0.3) is 94.2 Å². The number of benzene rings is 8. The Balaban J connectivity index is 0.992. The van der Waals surface area contributed by atoms with Crippen LogP contribution in [0.2, 0.25) is 0 Å². The highest BCUT2D eigenvalue weighted by Crippen LogP contribution is 2.47. The first-order valence-electron chi connectivity index (χ1n) is 18.3. The van der Waals surface area contributed by atoms with Crippen LogP contribution in [0.3, 0.4) is 0 Å². The SMILES string of the molecule is c1ccc(-c2nc3ccc4sc5c(-c6ccc(N(c7ccc8c(c7)oc7ccccc78)c7ccc8c(c7)sc7ccccc78)cc6)cccc5c4c3s2)cc1. The molecule has 0 radical (unpaired) electrons. The second-order valence-electron chi connectivity index (χ2n) is 13.9. The van der Waals surface area contributed by atoms with Crippen LogP contribution in [0.5, 0.6) is 0 Å². The zero-order valence-corrected chi connectivity index (χ0v) is 31.6. The molecule has 258 valence electrons. The van der Waals surface area contributed by atoms with Gasteiger partial charge in [0.2, 0.25) is 0 Å². The average Bonchev–Trinajstić information content (AvgIpc) is 4.02. The number of para-hydroxylation sites is 1. The number of hydrogen-bond acceptors (Lipinski definition) is 6. The number of hydrogen-bond donors (Lipinski definition) is 0. The fourth-order valence-electron chi connectivity index (χ4n) is 8.14. The number of furan rings is 1. The highest BCUT2D eigenvalue weighted by Gasteiger charge is 2.19. The van der Waals surface area contributed by atoms with Gasteiger partial charge in [-0.15, -0.1) is 34.0 Å². The van der Waals surface area contributed by atoms with Crippen molar-refractivity contribution in [1.29, 1.82) is 0 Å².